The van der Waals surface area contributed by atoms with Gasteiger partial charge in [-0.25, -0.2) is 0 Å². The highest BCUT2D eigenvalue weighted by atomic mass is 32.1. The molecule has 0 radical (unpaired) electrons. The fourth-order valence-corrected chi connectivity index (χ4v) is 4.60. The summed E-state index contributed by atoms with van der Waals surface area (Å²) >= 11 is 1.72. The molecule has 3 aromatic rings. The van der Waals surface area contributed by atoms with E-state index in [4.69, 9.17) is 4.52 Å². The molecule has 8 nitrogen and oxygen atoms in total. The summed E-state index contributed by atoms with van der Waals surface area (Å²) in [6.45, 7) is 9.41. The fourth-order valence-electron chi connectivity index (χ4n) is 3.91. The SMILES string of the molecule is Cc1cc(NC(=O)CN2CCN(C(=O)c3cc(C)n(Cc4cccs4)c3C)CC2)no1. The predicted octanol–water partition coefficient (Wildman–Crippen LogP) is 2.91. The largest absolute Gasteiger partial charge is 0.360 e. The highest BCUT2D eigenvalue weighted by Crippen LogP contribution is 2.21. The van der Waals surface area contributed by atoms with E-state index >= 15 is 0 Å². The smallest absolute Gasteiger partial charge is 0.255 e. The number of piperazine rings is 1. The van der Waals surface area contributed by atoms with E-state index in [9.17, 15) is 9.59 Å². The third kappa shape index (κ3) is 4.88. The van der Waals surface area contributed by atoms with Crippen molar-refractivity contribution in [2.24, 2.45) is 0 Å². The molecule has 3 aromatic heterocycles. The van der Waals surface area contributed by atoms with Crippen molar-refractivity contribution in [1.29, 1.82) is 0 Å². The summed E-state index contributed by atoms with van der Waals surface area (Å²) in [6, 6.07) is 7.84. The lowest BCUT2D eigenvalue weighted by molar-refractivity contribution is -0.117. The number of hydrogen-bond donors (Lipinski definition) is 1. The molecule has 4 heterocycles. The molecule has 0 spiro atoms. The normalized spacial score (nSPS) is 14.7. The Balaban J connectivity index is 1.32. The van der Waals surface area contributed by atoms with Crippen LogP contribution in [0.4, 0.5) is 5.82 Å². The molecule has 0 aromatic carbocycles. The van der Waals surface area contributed by atoms with Gasteiger partial charge < -0.3 is 19.3 Å². The average molecular weight is 442 g/mol. The van der Waals surface area contributed by atoms with E-state index in [1.54, 1.807) is 24.3 Å². The number of aryl methyl sites for hydroxylation is 2. The van der Waals surface area contributed by atoms with Crippen molar-refractivity contribution in [2.45, 2.75) is 27.3 Å². The zero-order valence-corrected chi connectivity index (χ0v) is 18.9. The van der Waals surface area contributed by atoms with E-state index in [1.807, 2.05) is 35.8 Å². The lowest BCUT2D eigenvalue weighted by Crippen LogP contribution is -2.50. The van der Waals surface area contributed by atoms with Crippen LogP contribution in [0, 0.1) is 20.8 Å². The predicted molar refractivity (Wildman–Crippen MR) is 120 cm³/mol. The number of thiophene rings is 1. The van der Waals surface area contributed by atoms with Crippen LogP contribution < -0.4 is 5.32 Å². The Morgan fingerprint density at radius 3 is 2.58 bits per heavy atom. The molecule has 1 aliphatic rings. The molecular weight excluding hydrogens is 414 g/mol. The number of hydrogen-bond acceptors (Lipinski definition) is 6. The Hall–Kier alpha value is -2.91. The van der Waals surface area contributed by atoms with E-state index in [0.717, 1.165) is 23.5 Å². The van der Waals surface area contributed by atoms with E-state index < -0.39 is 0 Å². The molecule has 1 fully saturated rings. The number of rotatable bonds is 6. The molecule has 1 aliphatic heterocycles. The Morgan fingerprint density at radius 2 is 1.94 bits per heavy atom. The second-order valence-electron chi connectivity index (χ2n) is 7.89. The fraction of sp³-hybridized carbons (Fsp3) is 0.409. The number of nitrogens with zero attached hydrogens (tertiary/aromatic N) is 4. The van der Waals surface area contributed by atoms with Gasteiger partial charge in [-0.15, -0.1) is 11.3 Å². The Kier molecular flexibility index (Phi) is 6.24. The van der Waals surface area contributed by atoms with Crippen molar-refractivity contribution in [2.75, 3.05) is 38.0 Å². The topological polar surface area (TPSA) is 83.6 Å². The number of anilines is 1. The first-order valence-electron chi connectivity index (χ1n) is 10.3. The Morgan fingerprint density at radius 1 is 1.16 bits per heavy atom. The average Bonchev–Trinajstić information content (AvgIpc) is 3.46. The standard InChI is InChI=1S/C22H27N5O3S/c1-15-11-19(17(3)27(15)13-18-5-4-10-31-18)22(29)26-8-6-25(7-9-26)14-21(28)23-20-12-16(2)30-24-20/h4-5,10-12H,6-9,13-14H2,1-3H3,(H,23,24,28). The van der Waals surface area contributed by atoms with Crippen LogP contribution >= 0.6 is 11.3 Å². The molecule has 164 valence electrons. The van der Waals surface area contributed by atoms with E-state index in [2.05, 4.69) is 26.5 Å². The van der Waals surface area contributed by atoms with Crippen LogP contribution in [-0.2, 0) is 11.3 Å². The van der Waals surface area contributed by atoms with Crippen LogP contribution in [0.1, 0.15) is 32.4 Å². The maximum absolute atomic E-state index is 13.2. The molecule has 1 saturated heterocycles. The maximum Gasteiger partial charge on any atom is 0.255 e. The third-order valence-electron chi connectivity index (χ3n) is 5.62. The molecule has 0 aliphatic carbocycles. The van der Waals surface area contributed by atoms with Crippen LogP contribution in [0.5, 0.6) is 0 Å². The molecule has 4 rings (SSSR count). The van der Waals surface area contributed by atoms with Crippen molar-refractivity contribution in [3.63, 3.8) is 0 Å². The Bertz CT molecular complexity index is 1060. The zero-order chi connectivity index (χ0) is 22.0. The second-order valence-corrected chi connectivity index (χ2v) is 8.92. The van der Waals surface area contributed by atoms with Gasteiger partial charge in [-0.05, 0) is 38.3 Å². The van der Waals surface area contributed by atoms with Gasteiger partial charge in [-0.1, -0.05) is 11.2 Å². The van der Waals surface area contributed by atoms with E-state index in [-0.39, 0.29) is 18.4 Å². The highest BCUT2D eigenvalue weighted by Gasteiger charge is 2.26. The van der Waals surface area contributed by atoms with Gasteiger partial charge in [0.05, 0.1) is 18.7 Å². The third-order valence-corrected chi connectivity index (χ3v) is 6.48. The number of nitrogens with one attached hydrogen (secondary N) is 1. The molecule has 1 N–H and O–H groups in total. The zero-order valence-electron chi connectivity index (χ0n) is 18.1. The first-order chi connectivity index (χ1) is 14.9. The molecule has 2 amide bonds. The van der Waals surface area contributed by atoms with Gasteiger partial charge in [0.25, 0.3) is 5.91 Å². The molecule has 31 heavy (non-hydrogen) atoms. The lowest BCUT2D eigenvalue weighted by atomic mass is 10.2. The number of carbonyl (C=O) groups is 2. The van der Waals surface area contributed by atoms with Crippen LogP contribution in [0.3, 0.4) is 0 Å². The molecule has 0 atom stereocenters. The van der Waals surface area contributed by atoms with Crippen molar-refractivity contribution in [3.8, 4) is 0 Å². The first kappa shape index (κ1) is 21.3. The van der Waals surface area contributed by atoms with Gasteiger partial charge in [0.15, 0.2) is 5.82 Å². The van der Waals surface area contributed by atoms with Crippen LogP contribution in [0.25, 0.3) is 0 Å². The van der Waals surface area contributed by atoms with E-state index in [1.165, 1.54) is 4.88 Å². The lowest BCUT2D eigenvalue weighted by Gasteiger charge is -2.34. The van der Waals surface area contributed by atoms with Crippen molar-refractivity contribution < 1.29 is 14.1 Å². The van der Waals surface area contributed by atoms with Gasteiger partial charge in [0, 0.05) is 48.5 Å². The maximum atomic E-state index is 13.2. The summed E-state index contributed by atoms with van der Waals surface area (Å²) in [6.07, 6.45) is 0. The van der Waals surface area contributed by atoms with E-state index in [0.29, 0.717) is 37.8 Å². The molecule has 9 heteroatoms. The van der Waals surface area contributed by atoms with Crippen LogP contribution in [0.2, 0.25) is 0 Å². The van der Waals surface area contributed by atoms with Crippen molar-refractivity contribution in [1.82, 2.24) is 19.5 Å². The van der Waals surface area contributed by atoms with Crippen LogP contribution in [-0.4, -0.2) is 64.1 Å². The highest BCUT2D eigenvalue weighted by molar-refractivity contribution is 7.09. The molecule has 0 bridgehead atoms. The van der Waals surface area contributed by atoms with Crippen LogP contribution in [0.15, 0.2) is 34.2 Å². The number of amides is 2. The molecule has 0 saturated carbocycles. The van der Waals surface area contributed by atoms with Gasteiger partial charge in [-0.3, -0.25) is 14.5 Å². The molecule has 0 unspecified atom stereocenters. The summed E-state index contributed by atoms with van der Waals surface area (Å²) in [7, 11) is 0. The summed E-state index contributed by atoms with van der Waals surface area (Å²) in [5.74, 6) is 1.00. The summed E-state index contributed by atoms with van der Waals surface area (Å²) in [4.78, 5) is 30.6. The van der Waals surface area contributed by atoms with Crippen molar-refractivity contribution >= 4 is 29.0 Å². The van der Waals surface area contributed by atoms with Crippen molar-refractivity contribution in [3.05, 3.63) is 57.2 Å². The van der Waals surface area contributed by atoms with Gasteiger partial charge in [-0.2, -0.15) is 0 Å². The monoisotopic (exact) mass is 441 g/mol. The number of aromatic nitrogens is 2. The summed E-state index contributed by atoms with van der Waals surface area (Å²) in [5.41, 5.74) is 2.86. The minimum Gasteiger partial charge on any atom is -0.360 e. The minimum absolute atomic E-state index is 0.0627. The van der Waals surface area contributed by atoms with Gasteiger partial charge in [0.1, 0.15) is 5.76 Å². The minimum atomic E-state index is -0.134. The quantitative estimate of drug-likeness (QED) is 0.636. The summed E-state index contributed by atoms with van der Waals surface area (Å²) in [5, 5.41) is 8.59. The van der Waals surface area contributed by atoms with Gasteiger partial charge in [0.2, 0.25) is 5.91 Å². The molecular formula is C22H27N5O3S. The first-order valence-corrected chi connectivity index (χ1v) is 11.2. The van der Waals surface area contributed by atoms with Gasteiger partial charge >= 0.3 is 0 Å². The Labute approximate surface area is 185 Å². The number of carbonyl (C=O) groups excluding carboxylic acids is 2. The summed E-state index contributed by atoms with van der Waals surface area (Å²) < 4.78 is 7.16. The second kappa shape index (κ2) is 9.07.